The molecular weight excluding hydrogens is 266 g/mol. The maximum absolute atomic E-state index is 11.3. The Balaban J connectivity index is 2.86. The Morgan fingerprint density at radius 3 is 1.82 bits per heavy atom. The number of likely N-dealkylation sites (tertiary alicyclic amines) is 1. The van der Waals surface area contributed by atoms with Crippen LogP contribution in [0.5, 0.6) is 0 Å². The summed E-state index contributed by atoms with van der Waals surface area (Å²) in [6, 6.07) is 0. The zero-order valence-corrected chi connectivity index (χ0v) is 11.9. The molecule has 0 aromatic heterocycles. The van der Waals surface area contributed by atoms with Gasteiger partial charge >= 0.3 is 0 Å². The third-order valence-electron chi connectivity index (χ3n) is 3.06. The molecule has 17 heavy (non-hydrogen) atoms. The van der Waals surface area contributed by atoms with E-state index in [0.717, 1.165) is 6.26 Å². The van der Waals surface area contributed by atoms with E-state index < -0.39 is 25.7 Å². The Kier molecular flexibility index (Phi) is 3.93. The molecule has 1 saturated heterocycles. The molecule has 0 N–H and O–H groups in total. The van der Waals surface area contributed by atoms with Crippen molar-refractivity contribution < 1.29 is 25.9 Å². The summed E-state index contributed by atoms with van der Waals surface area (Å²) in [4.78, 5) is 0. The van der Waals surface area contributed by atoms with Crippen LogP contribution in [0.2, 0.25) is 0 Å². The van der Waals surface area contributed by atoms with Crippen LogP contribution in [-0.4, -0.2) is 70.8 Å². The summed E-state index contributed by atoms with van der Waals surface area (Å²) in [5.41, 5.74) is 0. The molecule has 0 aromatic carbocycles. The summed E-state index contributed by atoms with van der Waals surface area (Å²) in [6.45, 7) is 1.12. The molecule has 1 rings (SSSR count). The van der Waals surface area contributed by atoms with Gasteiger partial charge in [-0.3, -0.25) is 0 Å². The predicted molar refractivity (Wildman–Crippen MR) is 63.1 cm³/mol. The highest BCUT2D eigenvalue weighted by Crippen LogP contribution is 2.29. The predicted octanol–water partition coefficient (Wildman–Crippen LogP) is -1.10. The van der Waals surface area contributed by atoms with E-state index in [0.29, 0.717) is 17.6 Å². The van der Waals surface area contributed by atoms with Crippen LogP contribution >= 0.6 is 0 Å². The van der Waals surface area contributed by atoms with Crippen molar-refractivity contribution >= 4 is 20.0 Å². The maximum Gasteiger partial charge on any atom is 0.147 e. The van der Waals surface area contributed by atoms with Gasteiger partial charge in [-0.05, 0) is 0 Å². The molecule has 0 bridgehead atoms. The summed E-state index contributed by atoms with van der Waals surface area (Å²) in [5.74, 6) is -1.12. The molecule has 6 nitrogen and oxygen atoms in total. The highest BCUT2D eigenvalue weighted by atomic mass is 32.2. The normalized spacial score (nSPS) is 29.4. The Labute approximate surface area is 103 Å². The molecule has 0 aromatic rings. The maximum atomic E-state index is 11.3. The second-order valence-corrected chi connectivity index (χ2v) is 9.27. The fourth-order valence-corrected chi connectivity index (χ4v) is 4.73. The third-order valence-corrected chi connectivity index (χ3v) is 4.93. The van der Waals surface area contributed by atoms with Gasteiger partial charge in [-0.1, -0.05) is 0 Å². The third kappa shape index (κ3) is 5.33. The lowest BCUT2D eigenvalue weighted by atomic mass is 10.0. The van der Waals surface area contributed by atoms with E-state index in [9.17, 15) is 21.4 Å². The van der Waals surface area contributed by atoms with Gasteiger partial charge in [0.1, 0.15) is 9.84 Å². The number of quaternary nitrogens is 1. The van der Waals surface area contributed by atoms with E-state index in [2.05, 4.69) is 0 Å². The minimum atomic E-state index is -4.30. The zero-order valence-electron chi connectivity index (χ0n) is 10.3. The Morgan fingerprint density at radius 2 is 1.47 bits per heavy atom. The number of hydrogen-bond donors (Lipinski definition) is 0. The van der Waals surface area contributed by atoms with E-state index in [1.807, 2.05) is 14.1 Å². The number of rotatable bonds is 4. The molecule has 0 amide bonds. The van der Waals surface area contributed by atoms with Crippen molar-refractivity contribution in [3.63, 3.8) is 0 Å². The van der Waals surface area contributed by atoms with Crippen LogP contribution in [0.25, 0.3) is 0 Å². The Morgan fingerprint density at radius 1 is 1.06 bits per heavy atom. The van der Waals surface area contributed by atoms with Gasteiger partial charge < -0.3 is 9.04 Å². The fourth-order valence-electron chi connectivity index (χ4n) is 2.67. The Hall–Kier alpha value is -0.180. The van der Waals surface area contributed by atoms with E-state index in [4.69, 9.17) is 0 Å². The molecule has 1 heterocycles. The lowest BCUT2D eigenvalue weighted by Crippen LogP contribution is -2.37. The number of sulfone groups is 1. The molecule has 102 valence electrons. The molecule has 1 fully saturated rings. The molecule has 0 aliphatic carbocycles. The second kappa shape index (κ2) is 4.49. The standard InChI is InChI=1S/C9H19NO5S2/c1-10(2)4-8(6-16(3,11)12)9(5-10)7-17(13,14)15/h8-9H,4-7H2,1-3H3. The molecule has 8 heteroatoms. The van der Waals surface area contributed by atoms with Crippen molar-refractivity contribution in [2.45, 2.75) is 0 Å². The van der Waals surface area contributed by atoms with E-state index in [1.54, 1.807) is 0 Å². The highest BCUT2D eigenvalue weighted by Gasteiger charge is 2.42. The smallest absolute Gasteiger partial charge is 0.147 e. The van der Waals surface area contributed by atoms with Gasteiger partial charge in [-0.15, -0.1) is 0 Å². The molecule has 1 aliphatic rings. The van der Waals surface area contributed by atoms with Gasteiger partial charge in [-0.25, -0.2) is 16.8 Å². The number of nitrogens with zero attached hydrogens (tertiary/aromatic N) is 1. The first-order valence-electron chi connectivity index (χ1n) is 5.31. The van der Waals surface area contributed by atoms with E-state index >= 15 is 0 Å². The van der Waals surface area contributed by atoms with Crippen molar-refractivity contribution in [2.24, 2.45) is 11.8 Å². The average molecular weight is 285 g/mol. The average Bonchev–Trinajstić information content (AvgIpc) is 2.17. The van der Waals surface area contributed by atoms with Gasteiger partial charge in [0.05, 0.1) is 43.1 Å². The molecule has 0 radical (unpaired) electrons. The SMILES string of the molecule is C[N+]1(C)CC(CS(C)(=O)=O)C(CS(=O)(=O)[O-])C1. The van der Waals surface area contributed by atoms with Gasteiger partial charge in [-0.2, -0.15) is 0 Å². The molecule has 1 aliphatic heterocycles. The van der Waals surface area contributed by atoms with E-state index in [1.165, 1.54) is 0 Å². The van der Waals surface area contributed by atoms with Crippen LogP contribution in [-0.2, 0) is 20.0 Å². The van der Waals surface area contributed by atoms with Gasteiger partial charge in [0.2, 0.25) is 0 Å². The van der Waals surface area contributed by atoms with Crippen molar-refractivity contribution in [3.05, 3.63) is 0 Å². The van der Waals surface area contributed by atoms with Crippen LogP contribution in [0.1, 0.15) is 0 Å². The van der Waals surface area contributed by atoms with Crippen molar-refractivity contribution in [1.82, 2.24) is 0 Å². The van der Waals surface area contributed by atoms with Crippen molar-refractivity contribution in [2.75, 3.05) is 44.9 Å². The first-order valence-corrected chi connectivity index (χ1v) is 8.95. The minimum absolute atomic E-state index is 0.0468. The second-order valence-electron chi connectivity index (χ2n) is 5.64. The highest BCUT2D eigenvalue weighted by molar-refractivity contribution is 7.90. The lowest BCUT2D eigenvalue weighted by molar-refractivity contribution is -0.880. The molecule has 0 saturated carbocycles. The van der Waals surface area contributed by atoms with Gasteiger partial charge in [0.15, 0.2) is 0 Å². The first-order chi connectivity index (χ1) is 7.38. The van der Waals surface area contributed by atoms with Crippen LogP contribution in [0.15, 0.2) is 0 Å². The molecule has 2 unspecified atom stereocenters. The summed E-state index contributed by atoms with van der Waals surface area (Å²) < 4.78 is 55.5. The van der Waals surface area contributed by atoms with Crippen LogP contribution in [0.4, 0.5) is 0 Å². The van der Waals surface area contributed by atoms with Crippen molar-refractivity contribution in [3.8, 4) is 0 Å². The summed E-state index contributed by atoms with van der Waals surface area (Å²) in [6.07, 6.45) is 1.13. The van der Waals surface area contributed by atoms with E-state index in [-0.39, 0.29) is 17.6 Å². The molecular formula is C9H19NO5S2. The summed E-state index contributed by atoms with van der Waals surface area (Å²) >= 11 is 0. The van der Waals surface area contributed by atoms with Crippen LogP contribution in [0, 0.1) is 11.8 Å². The number of hydrogen-bond acceptors (Lipinski definition) is 5. The monoisotopic (exact) mass is 285 g/mol. The summed E-state index contributed by atoms with van der Waals surface area (Å²) in [7, 11) is -3.64. The molecule has 0 spiro atoms. The summed E-state index contributed by atoms with van der Waals surface area (Å²) in [5, 5.41) is 0. The van der Waals surface area contributed by atoms with Gasteiger partial charge in [0.25, 0.3) is 0 Å². The zero-order chi connectivity index (χ0) is 13.5. The lowest BCUT2D eigenvalue weighted by Gasteiger charge is -2.23. The largest absolute Gasteiger partial charge is 0.748 e. The molecule has 2 atom stereocenters. The Bertz CT molecular complexity index is 436. The van der Waals surface area contributed by atoms with Crippen LogP contribution < -0.4 is 0 Å². The van der Waals surface area contributed by atoms with Gasteiger partial charge in [0, 0.05) is 23.8 Å². The fraction of sp³-hybridized carbons (Fsp3) is 1.00. The minimum Gasteiger partial charge on any atom is -0.748 e. The van der Waals surface area contributed by atoms with Crippen LogP contribution in [0.3, 0.4) is 0 Å². The quantitative estimate of drug-likeness (QED) is 0.483. The first kappa shape index (κ1) is 14.9. The topological polar surface area (TPSA) is 91.3 Å². The van der Waals surface area contributed by atoms with Crippen molar-refractivity contribution in [1.29, 1.82) is 0 Å².